The summed E-state index contributed by atoms with van der Waals surface area (Å²) < 4.78 is 5.39. The van der Waals surface area contributed by atoms with Gasteiger partial charge in [-0.2, -0.15) is 0 Å². The van der Waals surface area contributed by atoms with Gasteiger partial charge in [0.05, 0.1) is 20.3 Å². The van der Waals surface area contributed by atoms with E-state index < -0.39 is 0 Å². The van der Waals surface area contributed by atoms with Crippen molar-refractivity contribution in [1.82, 2.24) is 0 Å². The molecule has 0 aliphatic carbocycles. The number of carbonyl (C=O) groups excluding carboxylic acids is 2. The second-order valence-corrected chi connectivity index (χ2v) is 8.31. The lowest BCUT2D eigenvalue weighted by atomic mass is 10.2. The maximum absolute atomic E-state index is 13.0. The molecule has 1 fully saturated rings. The number of hydrogen-bond donors (Lipinski definition) is 2. The van der Waals surface area contributed by atoms with E-state index in [1.54, 1.807) is 0 Å². The molecule has 2 atom stereocenters. The van der Waals surface area contributed by atoms with Gasteiger partial charge in [-0.15, -0.1) is 0 Å². The van der Waals surface area contributed by atoms with E-state index in [0.717, 1.165) is 54.7 Å². The molecule has 2 aromatic rings. The number of amides is 2. The standard InChI is InChI=1S/C24H30N4O3/c1-18(24(30)28-12-11-19-5-3-4-6-22(19)28)26(2)17-23(29)25-20-7-9-21(10-8-20)27-13-15-31-16-14-27/h3-10,18H,11-17H2,1-2H3,(H,25,29)/p+1/t18-/m0/s1. The molecule has 2 aliphatic rings. The second kappa shape index (κ2) is 9.49. The molecule has 4 rings (SSSR count). The smallest absolute Gasteiger partial charge is 0.284 e. The zero-order chi connectivity index (χ0) is 21.8. The molecule has 2 aliphatic heterocycles. The van der Waals surface area contributed by atoms with Crippen LogP contribution in [0, 0.1) is 0 Å². The Hall–Kier alpha value is -2.90. The number of likely N-dealkylation sites (N-methyl/N-ethyl adjacent to an activating group) is 1. The van der Waals surface area contributed by atoms with Crippen LogP contribution >= 0.6 is 0 Å². The Labute approximate surface area is 183 Å². The summed E-state index contributed by atoms with van der Waals surface area (Å²) >= 11 is 0. The van der Waals surface area contributed by atoms with E-state index in [1.807, 2.05) is 61.3 Å². The van der Waals surface area contributed by atoms with Crippen LogP contribution in [0.5, 0.6) is 0 Å². The van der Waals surface area contributed by atoms with Crippen LogP contribution in [0.3, 0.4) is 0 Å². The van der Waals surface area contributed by atoms with Gasteiger partial charge >= 0.3 is 0 Å². The summed E-state index contributed by atoms with van der Waals surface area (Å²) in [7, 11) is 1.89. The van der Waals surface area contributed by atoms with Crippen molar-refractivity contribution in [3.63, 3.8) is 0 Å². The first kappa shape index (κ1) is 21.3. The highest BCUT2D eigenvalue weighted by atomic mass is 16.5. The van der Waals surface area contributed by atoms with Crippen molar-refractivity contribution in [2.45, 2.75) is 19.4 Å². The Morgan fingerprint density at radius 1 is 1.06 bits per heavy atom. The fraction of sp³-hybridized carbons (Fsp3) is 0.417. The lowest BCUT2D eigenvalue weighted by molar-refractivity contribution is -0.885. The summed E-state index contributed by atoms with van der Waals surface area (Å²) in [6.07, 6.45) is 0.884. The zero-order valence-corrected chi connectivity index (χ0v) is 18.3. The van der Waals surface area contributed by atoms with Gasteiger partial charge in [0.2, 0.25) is 0 Å². The van der Waals surface area contributed by atoms with Crippen molar-refractivity contribution in [1.29, 1.82) is 0 Å². The lowest BCUT2D eigenvalue weighted by Gasteiger charge is -2.29. The number of hydrogen-bond acceptors (Lipinski definition) is 4. The highest BCUT2D eigenvalue weighted by molar-refractivity contribution is 5.98. The molecule has 0 spiro atoms. The lowest BCUT2D eigenvalue weighted by Crippen LogP contribution is -3.15. The van der Waals surface area contributed by atoms with E-state index in [2.05, 4.69) is 16.3 Å². The minimum atomic E-state index is -0.305. The number of benzene rings is 2. The maximum atomic E-state index is 13.0. The van der Waals surface area contributed by atoms with Crippen molar-refractivity contribution in [3.05, 3.63) is 54.1 Å². The highest BCUT2D eigenvalue weighted by Gasteiger charge is 2.32. The van der Waals surface area contributed by atoms with Crippen LogP contribution in [0.25, 0.3) is 0 Å². The molecule has 0 radical (unpaired) electrons. The molecule has 164 valence electrons. The van der Waals surface area contributed by atoms with Crippen molar-refractivity contribution in [2.75, 3.05) is 61.6 Å². The summed E-state index contributed by atoms with van der Waals surface area (Å²) in [5.41, 5.74) is 4.10. The molecule has 0 bridgehead atoms. The van der Waals surface area contributed by atoms with E-state index >= 15 is 0 Å². The number of para-hydroxylation sites is 1. The second-order valence-electron chi connectivity index (χ2n) is 8.31. The summed E-state index contributed by atoms with van der Waals surface area (Å²) in [5, 5.41) is 2.95. The Balaban J connectivity index is 1.30. The number of carbonyl (C=O) groups is 2. The van der Waals surface area contributed by atoms with Crippen LogP contribution in [0.2, 0.25) is 0 Å². The monoisotopic (exact) mass is 423 g/mol. The van der Waals surface area contributed by atoms with Gasteiger partial charge in [0.1, 0.15) is 0 Å². The van der Waals surface area contributed by atoms with E-state index in [0.29, 0.717) is 6.54 Å². The number of quaternary nitrogens is 1. The first-order valence-corrected chi connectivity index (χ1v) is 11.0. The fourth-order valence-corrected chi connectivity index (χ4v) is 4.20. The molecule has 1 saturated heterocycles. The third-order valence-corrected chi connectivity index (χ3v) is 6.23. The minimum absolute atomic E-state index is 0.0603. The Morgan fingerprint density at radius 2 is 1.77 bits per heavy atom. The molecule has 2 aromatic carbocycles. The predicted octanol–water partition coefficient (Wildman–Crippen LogP) is 0.954. The SMILES string of the molecule is C[C@@H](C(=O)N1CCc2ccccc21)[NH+](C)CC(=O)Nc1ccc(N2CCOCC2)cc1. The molecule has 31 heavy (non-hydrogen) atoms. The average Bonchev–Trinajstić information content (AvgIpc) is 3.23. The van der Waals surface area contributed by atoms with Crippen molar-refractivity contribution in [3.8, 4) is 0 Å². The molecule has 7 heteroatoms. The molecule has 0 aromatic heterocycles. The van der Waals surface area contributed by atoms with E-state index in [4.69, 9.17) is 4.74 Å². The number of ether oxygens (including phenoxy) is 1. The van der Waals surface area contributed by atoms with Crippen molar-refractivity contribution >= 4 is 28.9 Å². The zero-order valence-electron chi connectivity index (χ0n) is 18.3. The number of rotatable bonds is 6. The summed E-state index contributed by atoms with van der Waals surface area (Å²) in [5.74, 6) is -0.0387. The van der Waals surface area contributed by atoms with Gasteiger partial charge in [-0.05, 0) is 49.2 Å². The van der Waals surface area contributed by atoms with Gasteiger partial charge in [0, 0.05) is 36.7 Å². The van der Waals surface area contributed by atoms with Gasteiger partial charge in [0.15, 0.2) is 12.6 Å². The largest absolute Gasteiger partial charge is 0.378 e. The van der Waals surface area contributed by atoms with Crippen LogP contribution in [-0.4, -0.2) is 64.3 Å². The summed E-state index contributed by atoms with van der Waals surface area (Å²) in [6.45, 7) is 6.08. The number of fused-ring (bicyclic) bond motifs is 1. The Kier molecular flexibility index (Phi) is 6.53. The van der Waals surface area contributed by atoms with Crippen LogP contribution in [0.1, 0.15) is 12.5 Å². The van der Waals surface area contributed by atoms with Crippen LogP contribution in [0.15, 0.2) is 48.5 Å². The summed E-state index contributed by atoms with van der Waals surface area (Å²) in [4.78, 5) is 30.6. The average molecular weight is 424 g/mol. The first-order valence-electron chi connectivity index (χ1n) is 11.0. The third kappa shape index (κ3) is 4.89. The molecule has 2 heterocycles. The fourth-order valence-electron chi connectivity index (χ4n) is 4.20. The van der Waals surface area contributed by atoms with Crippen LogP contribution < -0.4 is 20.0 Å². The van der Waals surface area contributed by atoms with E-state index in [1.165, 1.54) is 5.56 Å². The number of nitrogens with zero attached hydrogens (tertiary/aromatic N) is 2. The Bertz CT molecular complexity index is 925. The van der Waals surface area contributed by atoms with Gasteiger partial charge in [-0.25, -0.2) is 0 Å². The topological polar surface area (TPSA) is 66.3 Å². The first-order chi connectivity index (χ1) is 15.0. The number of nitrogens with one attached hydrogen (secondary N) is 2. The van der Waals surface area contributed by atoms with Crippen molar-refractivity contribution < 1.29 is 19.2 Å². The van der Waals surface area contributed by atoms with Gasteiger partial charge in [-0.1, -0.05) is 18.2 Å². The van der Waals surface area contributed by atoms with Crippen molar-refractivity contribution in [2.24, 2.45) is 0 Å². The number of morpholine rings is 1. The number of anilines is 3. The van der Waals surface area contributed by atoms with Gasteiger partial charge in [0.25, 0.3) is 11.8 Å². The summed E-state index contributed by atoms with van der Waals surface area (Å²) in [6, 6.07) is 15.6. The van der Waals surface area contributed by atoms with Gasteiger partial charge in [-0.3, -0.25) is 9.59 Å². The van der Waals surface area contributed by atoms with E-state index in [-0.39, 0.29) is 24.4 Å². The highest BCUT2D eigenvalue weighted by Crippen LogP contribution is 2.27. The normalized spacial score (nSPS) is 17.7. The molecular formula is C24H31N4O3+. The molecule has 2 amide bonds. The van der Waals surface area contributed by atoms with Crippen LogP contribution in [0.4, 0.5) is 17.1 Å². The molecule has 0 saturated carbocycles. The Morgan fingerprint density at radius 3 is 2.52 bits per heavy atom. The molecule has 1 unspecified atom stereocenters. The maximum Gasteiger partial charge on any atom is 0.284 e. The van der Waals surface area contributed by atoms with Crippen LogP contribution in [-0.2, 0) is 20.7 Å². The minimum Gasteiger partial charge on any atom is -0.378 e. The van der Waals surface area contributed by atoms with E-state index in [9.17, 15) is 9.59 Å². The third-order valence-electron chi connectivity index (χ3n) is 6.23. The quantitative estimate of drug-likeness (QED) is 0.726. The molecule has 2 N–H and O–H groups in total. The molecular weight excluding hydrogens is 392 g/mol. The molecule has 7 nitrogen and oxygen atoms in total. The predicted molar refractivity (Wildman–Crippen MR) is 122 cm³/mol. The van der Waals surface area contributed by atoms with Gasteiger partial charge < -0.3 is 24.8 Å².